The molecule has 0 radical (unpaired) electrons. The smallest absolute Gasteiger partial charge is 0.399 e. The van der Waals surface area contributed by atoms with Gasteiger partial charge in [0, 0.05) is 12.5 Å². The SMILES string of the molecule is CCCCCCC(O)C/C=C\CCCCCCCC(=O)/C1=C/C(=O)OC2(CO)OC(=O)C(CO)OC(=O)C(CO)(OC1=O)OC2=O. The summed E-state index contributed by atoms with van der Waals surface area (Å²) in [7, 11) is 0. The first-order valence-electron chi connectivity index (χ1n) is 15.5. The number of allylic oxidation sites excluding steroid dienone is 1. The van der Waals surface area contributed by atoms with Crippen molar-refractivity contribution in [3.63, 3.8) is 0 Å². The first kappa shape index (κ1) is 38.5. The normalized spacial score (nSPS) is 25.6. The highest BCUT2D eigenvalue weighted by Gasteiger charge is 2.60. The highest BCUT2D eigenvalue weighted by atomic mass is 16.8. The number of carbonyl (C=O) groups excluding carboxylic acids is 6. The van der Waals surface area contributed by atoms with Crippen LogP contribution in [0.1, 0.15) is 90.4 Å². The molecule has 258 valence electrons. The number of aliphatic hydroxyl groups is 4. The minimum Gasteiger partial charge on any atom is -0.442 e. The van der Waals surface area contributed by atoms with Crippen LogP contribution >= 0.6 is 0 Å². The van der Waals surface area contributed by atoms with Crippen molar-refractivity contribution in [2.45, 2.75) is 114 Å². The minimum atomic E-state index is -3.33. The third-order valence-corrected chi connectivity index (χ3v) is 7.29. The second-order valence-corrected chi connectivity index (χ2v) is 11.0. The van der Waals surface area contributed by atoms with E-state index in [0.29, 0.717) is 25.3 Å². The second kappa shape index (κ2) is 19.1. The lowest BCUT2D eigenvalue weighted by molar-refractivity contribution is -0.274. The fraction of sp³-hybridized carbons (Fsp3) is 0.677. The molecule has 0 spiro atoms. The Balaban J connectivity index is 2.01. The van der Waals surface area contributed by atoms with Gasteiger partial charge in [0.15, 0.2) is 5.78 Å². The van der Waals surface area contributed by atoms with E-state index in [-0.39, 0.29) is 12.5 Å². The lowest BCUT2D eigenvalue weighted by atomic mass is 10.0. The number of esters is 5. The van der Waals surface area contributed by atoms with Gasteiger partial charge in [-0.2, -0.15) is 0 Å². The van der Waals surface area contributed by atoms with E-state index in [1.807, 2.05) is 12.2 Å². The topological polar surface area (TPSA) is 229 Å². The zero-order valence-electron chi connectivity index (χ0n) is 26.0. The van der Waals surface area contributed by atoms with Crippen LogP contribution in [0.5, 0.6) is 0 Å². The van der Waals surface area contributed by atoms with Crippen LogP contribution in [0, 0.1) is 0 Å². The third kappa shape index (κ3) is 11.0. The number of hydrogen-bond donors (Lipinski definition) is 4. The molecule has 15 heteroatoms. The second-order valence-electron chi connectivity index (χ2n) is 11.0. The first-order chi connectivity index (χ1) is 22.0. The molecule has 2 heterocycles. The van der Waals surface area contributed by atoms with Gasteiger partial charge in [0.05, 0.1) is 12.7 Å². The van der Waals surface area contributed by atoms with E-state index in [2.05, 4.69) is 6.92 Å². The van der Waals surface area contributed by atoms with E-state index in [1.54, 1.807) is 0 Å². The van der Waals surface area contributed by atoms with Gasteiger partial charge < -0.3 is 44.1 Å². The molecule has 4 unspecified atom stereocenters. The Morgan fingerprint density at radius 2 is 1.48 bits per heavy atom. The molecular weight excluding hydrogens is 612 g/mol. The van der Waals surface area contributed by atoms with Crippen LogP contribution in [0.25, 0.3) is 0 Å². The van der Waals surface area contributed by atoms with Crippen LogP contribution in [0.15, 0.2) is 23.8 Å². The molecule has 0 amide bonds. The third-order valence-electron chi connectivity index (χ3n) is 7.29. The summed E-state index contributed by atoms with van der Waals surface area (Å²) >= 11 is 0. The number of ketones is 1. The van der Waals surface area contributed by atoms with Crippen LogP contribution in [0.3, 0.4) is 0 Å². The van der Waals surface area contributed by atoms with Gasteiger partial charge in [-0.05, 0) is 32.1 Å². The number of cyclic esters (lactones) is 1. The molecule has 0 aromatic rings. The number of fused-ring (bicyclic) bond motifs is 3. The summed E-state index contributed by atoms with van der Waals surface area (Å²) in [5, 5.41) is 39.3. The predicted octanol–water partition coefficient (Wildman–Crippen LogP) is 0.972. The average molecular weight is 657 g/mol. The number of unbranched alkanes of at least 4 members (excludes halogenated alkanes) is 8. The zero-order chi connectivity index (χ0) is 34.2. The minimum absolute atomic E-state index is 0.243. The molecule has 15 nitrogen and oxygen atoms in total. The molecule has 2 bridgehead atoms. The molecule has 2 aliphatic rings. The van der Waals surface area contributed by atoms with Crippen LogP contribution in [-0.2, 0) is 52.5 Å². The molecule has 1 saturated heterocycles. The van der Waals surface area contributed by atoms with Crippen molar-refractivity contribution >= 4 is 35.6 Å². The van der Waals surface area contributed by atoms with Gasteiger partial charge in [-0.3, -0.25) is 4.79 Å². The summed E-state index contributed by atoms with van der Waals surface area (Å²) in [6.45, 7) is -2.25. The van der Waals surface area contributed by atoms with Crippen LogP contribution in [0.2, 0.25) is 0 Å². The van der Waals surface area contributed by atoms with Crippen molar-refractivity contribution in [1.82, 2.24) is 0 Å². The highest BCUT2D eigenvalue weighted by Crippen LogP contribution is 2.29. The molecule has 1 fully saturated rings. The van der Waals surface area contributed by atoms with Crippen molar-refractivity contribution in [2.24, 2.45) is 0 Å². The molecule has 4 atom stereocenters. The molecule has 46 heavy (non-hydrogen) atoms. The Morgan fingerprint density at radius 1 is 0.826 bits per heavy atom. The molecule has 0 saturated carbocycles. The van der Waals surface area contributed by atoms with E-state index in [0.717, 1.165) is 51.4 Å². The Morgan fingerprint density at radius 3 is 2.15 bits per heavy atom. The lowest BCUT2D eigenvalue weighted by Crippen LogP contribution is -2.58. The molecule has 0 aliphatic carbocycles. The maximum atomic E-state index is 13.0. The van der Waals surface area contributed by atoms with Gasteiger partial charge in [0.2, 0.25) is 6.10 Å². The van der Waals surface area contributed by atoms with Gasteiger partial charge in [-0.15, -0.1) is 0 Å². The van der Waals surface area contributed by atoms with E-state index < -0.39 is 78.7 Å². The van der Waals surface area contributed by atoms with Gasteiger partial charge in [0.1, 0.15) is 18.8 Å². The van der Waals surface area contributed by atoms with Crippen LogP contribution < -0.4 is 0 Å². The van der Waals surface area contributed by atoms with E-state index in [9.17, 15) is 49.2 Å². The van der Waals surface area contributed by atoms with Gasteiger partial charge in [-0.1, -0.05) is 64.0 Å². The maximum absolute atomic E-state index is 13.0. The zero-order valence-corrected chi connectivity index (χ0v) is 26.0. The molecule has 2 rings (SSSR count). The number of carbonyl (C=O) groups is 6. The molecule has 4 N–H and O–H groups in total. The van der Waals surface area contributed by atoms with Gasteiger partial charge >= 0.3 is 41.4 Å². The van der Waals surface area contributed by atoms with Gasteiger partial charge in [-0.25, -0.2) is 24.0 Å². The van der Waals surface area contributed by atoms with Crippen molar-refractivity contribution in [2.75, 3.05) is 19.8 Å². The van der Waals surface area contributed by atoms with E-state index in [4.69, 9.17) is 23.7 Å². The van der Waals surface area contributed by atoms with E-state index in [1.165, 1.54) is 6.42 Å². The Labute approximate surface area is 266 Å². The van der Waals surface area contributed by atoms with Crippen LogP contribution in [-0.4, -0.2) is 99.7 Å². The molecule has 0 aromatic carbocycles. The summed E-state index contributed by atoms with van der Waals surface area (Å²) in [5.74, 6) is -16.2. The highest BCUT2D eigenvalue weighted by molar-refractivity contribution is 6.20. The number of aliphatic hydroxyl groups excluding tert-OH is 4. The molecule has 0 aromatic heterocycles. The summed E-state index contributed by atoms with van der Waals surface area (Å²) in [5.41, 5.74) is -0.942. The number of hydrogen-bond acceptors (Lipinski definition) is 15. The Hall–Kier alpha value is -3.66. The fourth-order valence-corrected chi connectivity index (χ4v) is 4.58. The van der Waals surface area contributed by atoms with Crippen molar-refractivity contribution in [3.8, 4) is 0 Å². The van der Waals surface area contributed by atoms with Crippen LogP contribution in [0.4, 0.5) is 0 Å². The number of Topliss-reactive ketones (excluding diaryl/α,β-unsaturated/α-hetero) is 1. The van der Waals surface area contributed by atoms with Crippen molar-refractivity contribution in [1.29, 1.82) is 0 Å². The fourth-order valence-electron chi connectivity index (χ4n) is 4.58. The lowest BCUT2D eigenvalue weighted by Gasteiger charge is -2.32. The molecule has 2 aliphatic heterocycles. The number of ether oxygens (including phenoxy) is 5. The molecular formula is C31H44O15. The maximum Gasteiger partial charge on any atom is 0.399 e. The predicted molar refractivity (Wildman–Crippen MR) is 155 cm³/mol. The summed E-state index contributed by atoms with van der Waals surface area (Å²) in [6, 6.07) is 0. The average Bonchev–Trinajstić information content (AvgIpc) is 3.06. The largest absolute Gasteiger partial charge is 0.442 e. The first-order valence-corrected chi connectivity index (χ1v) is 15.5. The van der Waals surface area contributed by atoms with Gasteiger partial charge in [0.25, 0.3) is 0 Å². The Kier molecular flexibility index (Phi) is 16.0. The summed E-state index contributed by atoms with van der Waals surface area (Å²) < 4.78 is 23.9. The summed E-state index contributed by atoms with van der Waals surface area (Å²) in [6.07, 6.45) is 11.8. The van der Waals surface area contributed by atoms with Crippen molar-refractivity contribution in [3.05, 3.63) is 23.8 Å². The summed E-state index contributed by atoms with van der Waals surface area (Å²) in [4.78, 5) is 76.8. The Bertz CT molecular complexity index is 1140. The quantitative estimate of drug-likeness (QED) is 0.0499. The standard InChI is InChI=1S/C31H44O15/c1-2-3-4-11-14-21(35)15-12-9-7-5-6-8-10-13-16-23(36)22-17-25(37)43-31(20-34)29(41)46-30(19-33,44-26(22)38)28(40)42-24(18-32)27(39)45-31/h9,12,17,21,24,32-35H,2-8,10-11,13-16,18-20H2,1H3/b12-9-,22-17-. The monoisotopic (exact) mass is 656 g/mol. The van der Waals surface area contributed by atoms with E-state index >= 15 is 0 Å². The number of rotatable bonds is 19. The van der Waals surface area contributed by atoms with Crippen molar-refractivity contribution < 1.29 is 72.9 Å².